The van der Waals surface area contributed by atoms with Crippen LogP contribution in [-0.4, -0.2) is 48.3 Å². The molecule has 1 aromatic carbocycles. The predicted molar refractivity (Wildman–Crippen MR) is 78.3 cm³/mol. The largest absolute Gasteiger partial charge is 0.398 e. The molecule has 0 aliphatic carbocycles. The average Bonchev–Trinajstić information content (AvgIpc) is 2.89. The summed E-state index contributed by atoms with van der Waals surface area (Å²) in [4.78, 5) is 28.0. The van der Waals surface area contributed by atoms with Gasteiger partial charge in [-0.15, -0.1) is 0 Å². The van der Waals surface area contributed by atoms with Crippen molar-refractivity contribution < 1.29 is 9.59 Å². The van der Waals surface area contributed by atoms with Gasteiger partial charge < -0.3 is 15.5 Å². The van der Waals surface area contributed by atoms with E-state index in [-0.39, 0.29) is 17.9 Å². The fourth-order valence-corrected chi connectivity index (χ4v) is 2.60. The first kappa shape index (κ1) is 14.4. The Morgan fingerprint density at radius 1 is 1.35 bits per heavy atom. The molecule has 0 aromatic heterocycles. The maximum absolute atomic E-state index is 12.7. The molecule has 0 saturated carbocycles. The van der Waals surface area contributed by atoms with E-state index < -0.39 is 0 Å². The zero-order chi connectivity index (χ0) is 14.9. The Balaban J connectivity index is 2.28. The SMILES string of the molecule is Cc1c(N)cccc1C(=O)N1CCCC1C(=O)N(C)C. The molecule has 0 spiro atoms. The monoisotopic (exact) mass is 275 g/mol. The maximum Gasteiger partial charge on any atom is 0.254 e. The van der Waals surface area contributed by atoms with Crippen LogP contribution in [-0.2, 0) is 4.79 Å². The Labute approximate surface area is 119 Å². The normalized spacial score (nSPS) is 18.1. The minimum Gasteiger partial charge on any atom is -0.398 e. The van der Waals surface area contributed by atoms with Crippen molar-refractivity contribution in [2.24, 2.45) is 0 Å². The van der Waals surface area contributed by atoms with Gasteiger partial charge in [0.1, 0.15) is 6.04 Å². The fourth-order valence-electron chi connectivity index (χ4n) is 2.60. The summed E-state index contributed by atoms with van der Waals surface area (Å²) in [7, 11) is 3.43. The molecule has 108 valence electrons. The van der Waals surface area contributed by atoms with Crippen molar-refractivity contribution in [2.75, 3.05) is 26.4 Å². The van der Waals surface area contributed by atoms with Gasteiger partial charge in [-0.3, -0.25) is 9.59 Å². The highest BCUT2D eigenvalue weighted by Gasteiger charge is 2.35. The van der Waals surface area contributed by atoms with Crippen molar-refractivity contribution in [2.45, 2.75) is 25.8 Å². The zero-order valence-electron chi connectivity index (χ0n) is 12.2. The molecular weight excluding hydrogens is 254 g/mol. The van der Waals surface area contributed by atoms with Crippen LogP contribution in [0.5, 0.6) is 0 Å². The van der Waals surface area contributed by atoms with Gasteiger partial charge in [0, 0.05) is 31.9 Å². The third-order valence-electron chi connectivity index (χ3n) is 3.85. The average molecular weight is 275 g/mol. The molecule has 0 radical (unpaired) electrons. The van der Waals surface area contributed by atoms with Gasteiger partial charge in [0.2, 0.25) is 5.91 Å². The number of likely N-dealkylation sites (tertiary alicyclic amines) is 1. The number of likely N-dealkylation sites (N-methyl/N-ethyl adjacent to an activating group) is 1. The van der Waals surface area contributed by atoms with Crippen molar-refractivity contribution in [3.8, 4) is 0 Å². The van der Waals surface area contributed by atoms with Crippen LogP contribution in [0.25, 0.3) is 0 Å². The van der Waals surface area contributed by atoms with Crippen LogP contribution >= 0.6 is 0 Å². The van der Waals surface area contributed by atoms with E-state index in [2.05, 4.69) is 0 Å². The minimum atomic E-state index is -0.349. The molecule has 0 bridgehead atoms. The Bertz CT molecular complexity index is 540. The summed E-state index contributed by atoms with van der Waals surface area (Å²) >= 11 is 0. The van der Waals surface area contributed by atoms with E-state index in [0.29, 0.717) is 17.8 Å². The smallest absolute Gasteiger partial charge is 0.254 e. The van der Waals surface area contributed by atoms with E-state index >= 15 is 0 Å². The standard InChI is InChI=1S/C15H21N3O2/c1-10-11(6-4-7-12(10)16)14(19)18-9-5-8-13(18)15(20)17(2)3/h4,6-7,13H,5,8-9,16H2,1-3H3. The number of anilines is 1. The van der Waals surface area contributed by atoms with Crippen LogP contribution in [0.4, 0.5) is 5.69 Å². The third kappa shape index (κ3) is 2.48. The Morgan fingerprint density at radius 2 is 2.05 bits per heavy atom. The van der Waals surface area contributed by atoms with Crippen molar-refractivity contribution in [1.82, 2.24) is 9.80 Å². The molecule has 2 N–H and O–H groups in total. The molecule has 1 atom stereocenters. The number of amides is 2. The third-order valence-corrected chi connectivity index (χ3v) is 3.85. The van der Waals surface area contributed by atoms with E-state index in [9.17, 15) is 9.59 Å². The Morgan fingerprint density at radius 3 is 2.70 bits per heavy atom. The summed E-state index contributed by atoms with van der Waals surface area (Å²) < 4.78 is 0. The molecule has 5 heteroatoms. The topological polar surface area (TPSA) is 66.6 Å². The summed E-state index contributed by atoms with van der Waals surface area (Å²) in [6.45, 7) is 2.46. The van der Waals surface area contributed by atoms with Crippen LogP contribution in [0.3, 0.4) is 0 Å². The minimum absolute atomic E-state index is 0.0163. The molecule has 1 fully saturated rings. The molecule has 2 rings (SSSR count). The Hall–Kier alpha value is -2.04. The van der Waals surface area contributed by atoms with Crippen LogP contribution in [0.15, 0.2) is 18.2 Å². The highest BCUT2D eigenvalue weighted by atomic mass is 16.2. The number of hydrogen-bond donors (Lipinski definition) is 1. The number of rotatable bonds is 2. The summed E-state index contributed by atoms with van der Waals surface area (Å²) in [5.74, 6) is -0.120. The summed E-state index contributed by atoms with van der Waals surface area (Å²) in [5, 5.41) is 0. The zero-order valence-corrected chi connectivity index (χ0v) is 12.2. The summed E-state index contributed by atoms with van der Waals surface area (Å²) in [6.07, 6.45) is 1.58. The Kier molecular flexibility index (Phi) is 3.97. The lowest BCUT2D eigenvalue weighted by molar-refractivity contribution is -0.132. The van der Waals surface area contributed by atoms with Crippen molar-refractivity contribution >= 4 is 17.5 Å². The van der Waals surface area contributed by atoms with Crippen LogP contribution < -0.4 is 5.73 Å². The highest BCUT2D eigenvalue weighted by Crippen LogP contribution is 2.24. The molecular formula is C15H21N3O2. The number of hydrogen-bond acceptors (Lipinski definition) is 3. The second-order valence-electron chi connectivity index (χ2n) is 5.41. The molecule has 1 unspecified atom stereocenters. The van der Waals surface area contributed by atoms with E-state index in [4.69, 9.17) is 5.73 Å². The van der Waals surface area contributed by atoms with E-state index in [0.717, 1.165) is 18.4 Å². The van der Waals surface area contributed by atoms with E-state index in [1.807, 2.05) is 6.92 Å². The first-order chi connectivity index (χ1) is 9.43. The van der Waals surface area contributed by atoms with Gasteiger partial charge in [0.15, 0.2) is 0 Å². The first-order valence-electron chi connectivity index (χ1n) is 6.80. The lowest BCUT2D eigenvalue weighted by Gasteiger charge is -2.27. The van der Waals surface area contributed by atoms with E-state index in [1.54, 1.807) is 42.1 Å². The lowest BCUT2D eigenvalue weighted by atomic mass is 10.1. The van der Waals surface area contributed by atoms with Gasteiger partial charge in [-0.2, -0.15) is 0 Å². The van der Waals surface area contributed by atoms with Gasteiger partial charge in [0.05, 0.1) is 0 Å². The second-order valence-corrected chi connectivity index (χ2v) is 5.41. The van der Waals surface area contributed by atoms with Crippen LogP contribution in [0.2, 0.25) is 0 Å². The number of nitrogen functional groups attached to an aromatic ring is 1. The molecule has 5 nitrogen and oxygen atoms in total. The second kappa shape index (κ2) is 5.53. The summed E-state index contributed by atoms with van der Waals surface area (Å²) in [6, 6.07) is 4.97. The van der Waals surface area contributed by atoms with Crippen LogP contribution in [0, 0.1) is 6.92 Å². The number of nitrogens with zero attached hydrogens (tertiary/aromatic N) is 2. The van der Waals surface area contributed by atoms with Crippen molar-refractivity contribution in [1.29, 1.82) is 0 Å². The molecule has 1 aliphatic heterocycles. The molecule has 1 aliphatic rings. The highest BCUT2D eigenvalue weighted by molar-refractivity contribution is 5.99. The molecule has 2 amide bonds. The molecule has 1 aromatic rings. The first-order valence-corrected chi connectivity index (χ1v) is 6.80. The van der Waals surface area contributed by atoms with Crippen molar-refractivity contribution in [3.63, 3.8) is 0 Å². The van der Waals surface area contributed by atoms with Gasteiger partial charge in [-0.1, -0.05) is 6.07 Å². The molecule has 20 heavy (non-hydrogen) atoms. The number of benzene rings is 1. The molecule has 1 saturated heterocycles. The lowest BCUT2D eigenvalue weighted by Crippen LogP contribution is -2.45. The van der Waals surface area contributed by atoms with E-state index in [1.165, 1.54) is 0 Å². The van der Waals surface area contributed by atoms with Crippen molar-refractivity contribution in [3.05, 3.63) is 29.3 Å². The number of carbonyl (C=O) groups excluding carboxylic acids is 2. The van der Waals surface area contributed by atoms with Gasteiger partial charge in [-0.05, 0) is 37.5 Å². The predicted octanol–water partition coefficient (Wildman–Crippen LogP) is 1.27. The fraction of sp³-hybridized carbons (Fsp3) is 0.467. The summed E-state index contributed by atoms with van der Waals surface area (Å²) in [5.41, 5.74) is 7.82. The van der Waals surface area contributed by atoms with Gasteiger partial charge in [0.25, 0.3) is 5.91 Å². The number of nitrogens with two attached hydrogens (primary N) is 1. The van der Waals surface area contributed by atoms with Gasteiger partial charge in [-0.25, -0.2) is 0 Å². The maximum atomic E-state index is 12.7. The van der Waals surface area contributed by atoms with Gasteiger partial charge >= 0.3 is 0 Å². The number of carbonyl (C=O) groups is 2. The molecule has 1 heterocycles. The quantitative estimate of drug-likeness (QED) is 0.827. The van der Waals surface area contributed by atoms with Crippen LogP contribution in [0.1, 0.15) is 28.8 Å².